The van der Waals surface area contributed by atoms with Gasteiger partial charge in [-0.3, -0.25) is 4.68 Å². The number of rotatable bonds is 5. The zero-order valence-electron chi connectivity index (χ0n) is 30.9. The number of nitrogens with zero attached hydrogens (tertiary/aromatic N) is 4. The fraction of sp³-hybridized carbons (Fsp3) is 0.256. The number of ether oxygens (including phenoxy) is 1. The fourth-order valence-electron chi connectivity index (χ4n) is 6.89. The average molecular weight is 845 g/mol. The number of benzene rings is 4. The van der Waals surface area contributed by atoms with Crippen molar-refractivity contribution in [2.75, 3.05) is 0 Å². The molecule has 55 heavy (non-hydrogen) atoms. The van der Waals surface area contributed by atoms with Crippen molar-refractivity contribution in [1.82, 2.24) is 19.3 Å². The molecule has 12 heteroatoms. The summed E-state index contributed by atoms with van der Waals surface area (Å²) in [5.41, 5.74) is -2.70. The molecule has 4 aromatic carbocycles. The Labute approximate surface area is 328 Å². The van der Waals surface area contributed by atoms with Gasteiger partial charge in [-0.25, -0.2) is 4.98 Å². The van der Waals surface area contributed by atoms with Crippen molar-refractivity contribution in [2.24, 2.45) is 0 Å². The largest absolute Gasteiger partial charge is 2.00 e. The normalized spacial score (nSPS) is 12.7. The van der Waals surface area contributed by atoms with Crippen molar-refractivity contribution >= 4 is 21.8 Å². The number of para-hydroxylation sites is 1. The van der Waals surface area contributed by atoms with Crippen LogP contribution in [0.15, 0.2) is 91.1 Å². The maximum atomic E-state index is 14.6. The van der Waals surface area contributed by atoms with Crippen LogP contribution in [0.1, 0.15) is 69.6 Å². The molecular weight excluding hydrogens is 809 g/mol. The standard InChI is InChI=1S/C43H36F6N4O.Pd/c1-25-20-21-50-35(22-25)52-33-17-9-8-14-29(33)30-19-18-28(24-34(30)52)54-27-13-10-12-26(23-27)53-39(41(5,6)7)37(38(51-53)40(2,3)4)36-31(42(44,45)46)15-11-16-32(36)43(47,48)49;/h8-22H,1-7H3;/q-2;+2. The predicted molar refractivity (Wildman–Crippen MR) is 197 cm³/mol. The molecule has 0 atom stereocenters. The monoisotopic (exact) mass is 844 g/mol. The molecule has 0 amide bonds. The van der Waals surface area contributed by atoms with Crippen LogP contribution in [-0.4, -0.2) is 19.3 Å². The summed E-state index contributed by atoms with van der Waals surface area (Å²) in [5.74, 6) is 1.30. The summed E-state index contributed by atoms with van der Waals surface area (Å²) in [6.07, 6.45) is -8.42. The first kappa shape index (κ1) is 39.8. The van der Waals surface area contributed by atoms with Crippen LogP contribution in [0.2, 0.25) is 0 Å². The molecule has 7 aromatic rings. The van der Waals surface area contributed by atoms with Crippen molar-refractivity contribution in [2.45, 2.75) is 71.6 Å². The molecule has 0 aliphatic carbocycles. The number of aromatic nitrogens is 4. The molecule has 0 aliphatic rings. The third kappa shape index (κ3) is 7.42. The summed E-state index contributed by atoms with van der Waals surface area (Å²) in [7, 11) is 0. The zero-order chi connectivity index (χ0) is 39.0. The molecule has 0 radical (unpaired) electrons. The minimum absolute atomic E-state index is 0. The van der Waals surface area contributed by atoms with Gasteiger partial charge in [-0.15, -0.1) is 35.7 Å². The third-order valence-corrected chi connectivity index (χ3v) is 9.12. The molecule has 3 heterocycles. The minimum Gasteiger partial charge on any atom is -0.509 e. The number of alkyl halides is 6. The van der Waals surface area contributed by atoms with Gasteiger partial charge in [0.05, 0.1) is 22.5 Å². The topological polar surface area (TPSA) is 44.9 Å². The Morgan fingerprint density at radius 3 is 1.91 bits per heavy atom. The number of fused-ring (bicyclic) bond motifs is 3. The molecule has 5 nitrogen and oxygen atoms in total. The van der Waals surface area contributed by atoms with Crippen molar-refractivity contribution in [3.63, 3.8) is 0 Å². The van der Waals surface area contributed by atoms with Crippen LogP contribution in [-0.2, 0) is 43.6 Å². The number of hydrogen-bond donors (Lipinski definition) is 0. The van der Waals surface area contributed by atoms with Gasteiger partial charge in [0.1, 0.15) is 5.82 Å². The fourth-order valence-corrected chi connectivity index (χ4v) is 6.89. The number of halogens is 6. The Balaban J connectivity index is 0.00000514. The molecule has 0 bridgehead atoms. The molecule has 0 fully saturated rings. The molecule has 0 aliphatic heterocycles. The van der Waals surface area contributed by atoms with Crippen molar-refractivity contribution < 1.29 is 51.5 Å². The van der Waals surface area contributed by atoms with E-state index in [4.69, 9.17) is 9.84 Å². The third-order valence-electron chi connectivity index (χ3n) is 9.12. The van der Waals surface area contributed by atoms with E-state index >= 15 is 0 Å². The number of aryl methyl sites for hydroxylation is 1. The molecule has 0 saturated heterocycles. The van der Waals surface area contributed by atoms with E-state index in [1.54, 1.807) is 72.0 Å². The Bertz CT molecular complexity index is 2520. The van der Waals surface area contributed by atoms with Crippen LogP contribution in [0.3, 0.4) is 0 Å². The maximum Gasteiger partial charge on any atom is 2.00 e. The molecule has 7 rings (SSSR count). The van der Waals surface area contributed by atoms with Crippen LogP contribution in [0.4, 0.5) is 26.3 Å². The summed E-state index contributed by atoms with van der Waals surface area (Å²) >= 11 is 0. The molecule has 0 spiro atoms. The number of hydrogen-bond acceptors (Lipinski definition) is 3. The molecule has 286 valence electrons. The van der Waals surface area contributed by atoms with Gasteiger partial charge in [0.25, 0.3) is 0 Å². The summed E-state index contributed by atoms with van der Waals surface area (Å²) in [5, 5.41) is 6.72. The Hall–Kier alpha value is -4.92. The Kier molecular flexibility index (Phi) is 10.1. The summed E-state index contributed by atoms with van der Waals surface area (Å²) in [4.78, 5) is 4.62. The van der Waals surface area contributed by atoms with Crippen LogP contribution in [0, 0.1) is 19.1 Å². The zero-order valence-corrected chi connectivity index (χ0v) is 32.5. The molecule has 0 N–H and O–H groups in total. The first-order valence-electron chi connectivity index (χ1n) is 17.2. The van der Waals surface area contributed by atoms with E-state index in [0.29, 0.717) is 23.7 Å². The van der Waals surface area contributed by atoms with Crippen molar-refractivity contribution in [3.05, 3.63) is 131 Å². The summed E-state index contributed by atoms with van der Waals surface area (Å²) < 4.78 is 97.4. The van der Waals surface area contributed by atoms with Gasteiger partial charge >= 0.3 is 32.8 Å². The smallest absolute Gasteiger partial charge is 0.509 e. The van der Waals surface area contributed by atoms with Gasteiger partial charge in [-0.2, -0.15) is 43.6 Å². The second-order valence-corrected chi connectivity index (χ2v) is 15.3. The maximum absolute atomic E-state index is 14.6. The van der Waals surface area contributed by atoms with Gasteiger partial charge < -0.3 is 9.30 Å². The second-order valence-electron chi connectivity index (χ2n) is 15.3. The first-order valence-corrected chi connectivity index (χ1v) is 17.2. The number of pyridine rings is 1. The van der Waals surface area contributed by atoms with Gasteiger partial charge in [0, 0.05) is 45.2 Å². The summed E-state index contributed by atoms with van der Waals surface area (Å²) in [6.45, 7) is 12.3. The van der Waals surface area contributed by atoms with E-state index in [2.05, 4.69) is 17.1 Å². The van der Waals surface area contributed by atoms with Crippen molar-refractivity contribution in [3.8, 4) is 34.1 Å². The first-order chi connectivity index (χ1) is 25.2. The Morgan fingerprint density at radius 2 is 1.29 bits per heavy atom. The molecular formula is C43H36F6N4OPd. The SMILES string of the molecule is Cc1ccnc(-n2c3[c-]c(Oc4[c-]c(-n5nc(C(C)(C)C)c(-c6c(C(F)(F)F)cccc6C(F)(F)F)c5C(C)(C)C)ccc4)ccc3c3ccccc32)c1.[Pd+2]. The van der Waals surface area contributed by atoms with Crippen LogP contribution >= 0.6 is 0 Å². The van der Waals surface area contributed by atoms with E-state index < -0.39 is 39.9 Å². The predicted octanol–water partition coefficient (Wildman–Crippen LogP) is 12.4. The van der Waals surface area contributed by atoms with E-state index in [-0.39, 0.29) is 48.8 Å². The van der Waals surface area contributed by atoms with Crippen LogP contribution in [0.25, 0.3) is 44.4 Å². The van der Waals surface area contributed by atoms with Gasteiger partial charge in [0.15, 0.2) is 0 Å². The Morgan fingerprint density at radius 1 is 0.655 bits per heavy atom. The van der Waals surface area contributed by atoms with Crippen LogP contribution < -0.4 is 4.74 Å². The van der Waals surface area contributed by atoms with E-state index in [1.807, 2.05) is 54.0 Å². The van der Waals surface area contributed by atoms with Gasteiger partial charge in [-0.1, -0.05) is 71.3 Å². The molecule has 0 unspecified atom stereocenters. The molecule has 0 saturated carbocycles. The average Bonchev–Trinajstić information content (AvgIpc) is 3.65. The van der Waals surface area contributed by atoms with E-state index in [9.17, 15) is 26.3 Å². The second kappa shape index (κ2) is 14.0. The van der Waals surface area contributed by atoms with Gasteiger partial charge in [0.2, 0.25) is 0 Å². The van der Waals surface area contributed by atoms with Crippen molar-refractivity contribution in [1.29, 1.82) is 0 Å². The van der Waals surface area contributed by atoms with Gasteiger partial charge in [-0.05, 0) is 53.9 Å². The van der Waals surface area contributed by atoms with E-state index in [0.717, 1.165) is 33.4 Å². The van der Waals surface area contributed by atoms with E-state index in [1.165, 1.54) is 4.68 Å². The summed E-state index contributed by atoms with van der Waals surface area (Å²) in [6, 6.07) is 29.2. The van der Waals surface area contributed by atoms with Crippen LogP contribution in [0.5, 0.6) is 11.5 Å². The molecule has 3 aromatic heterocycles. The quantitative estimate of drug-likeness (QED) is 0.0985. The minimum atomic E-state index is -5.08.